The number of hydrogen-bond acceptors (Lipinski definition) is 5. The lowest BCUT2D eigenvalue weighted by atomic mass is 10.2. The summed E-state index contributed by atoms with van der Waals surface area (Å²) >= 11 is 0. The lowest BCUT2D eigenvalue weighted by molar-refractivity contribution is 0.102. The van der Waals surface area contributed by atoms with Gasteiger partial charge in [-0.3, -0.25) is 9.78 Å². The summed E-state index contributed by atoms with van der Waals surface area (Å²) in [5, 5.41) is 5.18. The molecule has 3 rings (SSSR count). The average Bonchev–Trinajstić information content (AvgIpc) is 2.67. The van der Waals surface area contributed by atoms with E-state index in [2.05, 4.69) is 25.6 Å². The quantitative estimate of drug-likeness (QED) is 0.670. The predicted octanol–water partition coefficient (Wildman–Crippen LogP) is 3.46. The van der Waals surface area contributed by atoms with Gasteiger partial charge in [0.2, 0.25) is 0 Å². The van der Waals surface area contributed by atoms with Crippen LogP contribution in [0.4, 0.5) is 24.7 Å². The summed E-state index contributed by atoms with van der Waals surface area (Å²) in [5.74, 6) is -4.61. The molecule has 0 saturated carbocycles. The lowest BCUT2D eigenvalue weighted by Gasteiger charge is -2.10. The number of nitrogens with zero attached hydrogens (tertiary/aromatic N) is 3. The van der Waals surface area contributed by atoms with Crippen molar-refractivity contribution in [3.63, 3.8) is 0 Å². The molecule has 2 heterocycles. The maximum absolute atomic E-state index is 13.7. The highest BCUT2D eigenvalue weighted by Crippen LogP contribution is 2.20. The van der Waals surface area contributed by atoms with Gasteiger partial charge in [0.25, 0.3) is 5.91 Å². The highest BCUT2D eigenvalue weighted by molar-refractivity contribution is 6.03. The number of carbonyl (C=O) groups is 1. The van der Waals surface area contributed by atoms with Gasteiger partial charge in [-0.05, 0) is 31.2 Å². The molecule has 0 fully saturated rings. The summed E-state index contributed by atoms with van der Waals surface area (Å²) in [7, 11) is 0. The third kappa shape index (κ3) is 4.38. The van der Waals surface area contributed by atoms with E-state index in [4.69, 9.17) is 0 Å². The first kappa shape index (κ1) is 18.3. The van der Waals surface area contributed by atoms with E-state index in [9.17, 15) is 18.0 Å². The molecule has 9 heteroatoms. The van der Waals surface area contributed by atoms with Gasteiger partial charge in [0, 0.05) is 12.3 Å². The van der Waals surface area contributed by atoms with Crippen molar-refractivity contribution in [1.82, 2.24) is 15.0 Å². The Bertz CT molecular complexity index is 982. The van der Waals surface area contributed by atoms with Crippen LogP contribution in [-0.2, 0) is 6.54 Å². The smallest absolute Gasteiger partial charge is 0.274 e. The number of benzene rings is 1. The number of aryl methyl sites for hydroxylation is 1. The van der Waals surface area contributed by atoms with Crippen molar-refractivity contribution in [2.24, 2.45) is 0 Å². The van der Waals surface area contributed by atoms with Crippen molar-refractivity contribution in [2.45, 2.75) is 13.5 Å². The number of anilines is 2. The van der Waals surface area contributed by atoms with Crippen LogP contribution in [-0.4, -0.2) is 20.9 Å². The van der Waals surface area contributed by atoms with Gasteiger partial charge in [0.1, 0.15) is 17.3 Å². The minimum absolute atomic E-state index is 0.0600. The Morgan fingerprint density at radius 1 is 1.07 bits per heavy atom. The maximum Gasteiger partial charge on any atom is 0.274 e. The molecular weight excluding hydrogens is 359 g/mol. The molecule has 0 radical (unpaired) electrons. The summed E-state index contributed by atoms with van der Waals surface area (Å²) in [6, 6.07) is 8.46. The summed E-state index contributed by atoms with van der Waals surface area (Å²) in [6.45, 7) is 1.96. The van der Waals surface area contributed by atoms with Crippen LogP contribution >= 0.6 is 0 Å². The molecule has 0 aliphatic heterocycles. The molecule has 2 N–H and O–H groups in total. The Hall–Kier alpha value is -3.49. The largest absolute Gasteiger partial charge is 0.364 e. The Morgan fingerprint density at radius 2 is 1.89 bits per heavy atom. The van der Waals surface area contributed by atoms with Crippen molar-refractivity contribution in [2.75, 3.05) is 10.6 Å². The van der Waals surface area contributed by atoms with Crippen LogP contribution < -0.4 is 10.6 Å². The second-order valence-electron chi connectivity index (χ2n) is 5.54. The van der Waals surface area contributed by atoms with Crippen LogP contribution in [0.2, 0.25) is 0 Å². The van der Waals surface area contributed by atoms with Crippen LogP contribution in [0.25, 0.3) is 0 Å². The van der Waals surface area contributed by atoms with E-state index in [1.807, 2.05) is 12.1 Å². The molecule has 1 aromatic carbocycles. The molecule has 0 unspecified atom stereocenters. The van der Waals surface area contributed by atoms with Crippen LogP contribution in [0, 0.1) is 24.4 Å². The molecule has 6 nitrogen and oxygen atoms in total. The minimum Gasteiger partial charge on any atom is -0.364 e. The fourth-order valence-electron chi connectivity index (χ4n) is 2.27. The van der Waals surface area contributed by atoms with Gasteiger partial charge >= 0.3 is 0 Å². The average molecular weight is 373 g/mol. The number of amides is 1. The Morgan fingerprint density at radius 3 is 2.63 bits per heavy atom. The standard InChI is InChI=1S/C18H14F3N5O/c1-10-24-14(8-15(25-10)23-9-11-4-2-3-7-22-11)18(27)26-13-6-5-12(19)16(20)17(13)21/h2-8H,9H2,1H3,(H,26,27)(H,23,24,25). The zero-order valence-electron chi connectivity index (χ0n) is 14.1. The highest BCUT2D eigenvalue weighted by atomic mass is 19.2. The number of nitrogens with one attached hydrogen (secondary N) is 2. The molecule has 3 aromatic rings. The first-order chi connectivity index (χ1) is 12.9. The first-order valence-electron chi connectivity index (χ1n) is 7.88. The van der Waals surface area contributed by atoms with E-state index in [1.165, 1.54) is 6.07 Å². The number of halogens is 3. The molecule has 0 bridgehead atoms. The Labute approximate surface area is 152 Å². The van der Waals surface area contributed by atoms with Gasteiger partial charge in [0.15, 0.2) is 17.5 Å². The Balaban J connectivity index is 1.77. The van der Waals surface area contributed by atoms with E-state index >= 15 is 0 Å². The molecule has 0 spiro atoms. The second kappa shape index (κ2) is 7.81. The molecule has 1 amide bonds. The fraction of sp³-hybridized carbons (Fsp3) is 0.111. The summed E-state index contributed by atoms with van der Waals surface area (Å²) < 4.78 is 40.0. The predicted molar refractivity (Wildman–Crippen MR) is 92.6 cm³/mol. The zero-order valence-corrected chi connectivity index (χ0v) is 14.1. The molecule has 0 saturated heterocycles. The molecule has 2 aromatic heterocycles. The Kier molecular flexibility index (Phi) is 5.30. The highest BCUT2D eigenvalue weighted by Gasteiger charge is 2.17. The van der Waals surface area contributed by atoms with E-state index in [0.717, 1.165) is 17.8 Å². The third-order valence-electron chi connectivity index (χ3n) is 3.53. The number of hydrogen-bond donors (Lipinski definition) is 2. The second-order valence-corrected chi connectivity index (χ2v) is 5.54. The molecule has 27 heavy (non-hydrogen) atoms. The van der Waals surface area contributed by atoms with Crippen molar-refractivity contribution in [1.29, 1.82) is 0 Å². The van der Waals surface area contributed by atoms with Gasteiger partial charge in [-0.1, -0.05) is 6.07 Å². The van der Waals surface area contributed by atoms with E-state index in [-0.39, 0.29) is 5.69 Å². The van der Waals surface area contributed by atoms with Crippen LogP contribution in [0.3, 0.4) is 0 Å². The van der Waals surface area contributed by atoms with Gasteiger partial charge in [-0.2, -0.15) is 0 Å². The molecular formula is C18H14F3N5O. The van der Waals surface area contributed by atoms with Gasteiger partial charge in [0.05, 0.1) is 17.9 Å². The topological polar surface area (TPSA) is 79.8 Å². The van der Waals surface area contributed by atoms with Crippen molar-refractivity contribution >= 4 is 17.4 Å². The number of aromatic nitrogens is 3. The van der Waals surface area contributed by atoms with Crippen molar-refractivity contribution in [3.8, 4) is 0 Å². The summed E-state index contributed by atoms with van der Waals surface area (Å²) in [5.41, 5.74) is 0.219. The van der Waals surface area contributed by atoms with Crippen molar-refractivity contribution < 1.29 is 18.0 Å². The van der Waals surface area contributed by atoms with Gasteiger partial charge < -0.3 is 10.6 Å². The van der Waals surface area contributed by atoms with Crippen LogP contribution in [0.5, 0.6) is 0 Å². The molecule has 0 aliphatic carbocycles. The van der Waals surface area contributed by atoms with Crippen LogP contribution in [0.15, 0.2) is 42.6 Å². The SMILES string of the molecule is Cc1nc(NCc2ccccn2)cc(C(=O)Nc2ccc(F)c(F)c2F)n1. The fourth-order valence-corrected chi connectivity index (χ4v) is 2.27. The maximum atomic E-state index is 13.7. The van der Waals surface area contributed by atoms with E-state index in [0.29, 0.717) is 18.2 Å². The van der Waals surface area contributed by atoms with Crippen molar-refractivity contribution in [3.05, 3.63) is 77.3 Å². The van der Waals surface area contributed by atoms with E-state index < -0.39 is 29.0 Å². The normalized spacial score (nSPS) is 10.5. The lowest BCUT2D eigenvalue weighted by Crippen LogP contribution is -2.17. The van der Waals surface area contributed by atoms with Gasteiger partial charge in [-0.15, -0.1) is 0 Å². The molecule has 0 aliphatic rings. The molecule has 0 atom stereocenters. The summed E-state index contributed by atoms with van der Waals surface area (Å²) in [6.07, 6.45) is 1.65. The zero-order chi connectivity index (χ0) is 19.4. The van der Waals surface area contributed by atoms with Gasteiger partial charge in [-0.25, -0.2) is 23.1 Å². The summed E-state index contributed by atoms with van der Waals surface area (Å²) in [4.78, 5) is 24.6. The number of pyridine rings is 1. The van der Waals surface area contributed by atoms with Crippen LogP contribution in [0.1, 0.15) is 22.0 Å². The third-order valence-corrected chi connectivity index (χ3v) is 3.53. The number of rotatable bonds is 5. The minimum atomic E-state index is -1.66. The molecule has 138 valence electrons. The first-order valence-corrected chi connectivity index (χ1v) is 7.88. The monoisotopic (exact) mass is 373 g/mol. The number of carbonyl (C=O) groups excluding carboxylic acids is 1. The van der Waals surface area contributed by atoms with E-state index in [1.54, 1.807) is 19.2 Å².